The van der Waals surface area contributed by atoms with Gasteiger partial charge < -0.3 is 5.32 Å². The van der Waals surface area contributed by atoms with Crippen LogP contribution in [0.1, 0.15) is 11.1 Å². The Morgan fingerprint density at radius 1 is 1.08 bits per heavy atom. The van der Waals surface area contributed by atoms with Crippen LogP contribution in [-0.4, -0.2) is 13.4 Å². The van der Waals surface area contributed by atoms with Crippen LogP contribution in [0.4, 0.5) is 10.8 Å². The van der Waals surface area contributed by atoms with Gasteiger partial charge in [0.1, 0.15) is 0 Å². The maximum Gasteiger partial charge on any atom is 0.238 e. The molecule has 0 aliphatic rings. The van der Waals surface area contributed by atoms with Crippen molar-refractivity contribution in [3.05, 3.63) is 59.0 Å². The standard InChI is InChI=1S/C17H17N3O2S2/c1-11-3-4-12(2)15(9-11)19-17-20-16(10-23-17)13-5-7-14(8-6-13)24(18,21)22/h3-10H,1-2H3,(H,19,20)(H2,18,21,22). The summed E-state index contributed by atoms with van der Waals surface area (Å²) in [6, 6.07) is 12.6. The zero-order valence-corrected chi connectivity index (χ0v) is 14.9. The van der Waals surface area contributed by atoms with Gasteiger partial charge in [0.25, 0.3) is 0 Å². The normalized spacial score (nSPS) is 11.5. The van der Waals surface area contributed by atoms with Crippen molar-refractivity contribution in [3.8, 4) is 11.3 Å². The molecule has 0 spiro atoms. The Hall–Kier alpha value is -2.22. The molecule has 2 aromatic carbocycles. The summed E-state index contributed by atoms with van der Waals surface area (Å²) >= 11 is 1.50. The lowest BCUT2D eigenvalue weighted by Crippen LogP contribution is -2.11. The third-order valence-electron chi connectivity index (χ3n) is 3.62. The van der Waals surface area contributed by atoms with Gasteiger partial charge in [0.05, 0.1) is 10.6 Å². The van der Waals surface area contributed by atoms with Crippen LogP contribution in [-0.2, 0) is 10.0 Å². The number of thiazole rings is 1. The van der Waals surface area contributed by atoms with Gasteiger partial charge in [0.15, 0.2) is 5.13 Å². The molecule has 24 heavy (non-hydrogen) atoms. The van der Waals surface area contributed by atoms with Crippen molar-refractivity contribution in [3.63, 3.8) is 0 Å². The molecule has 0 saturated heterocycles. The molecule has 0 aliphatic carbocycles. The van der Waals surface area contributed by atoms with E-state index in [1.54, 1.807) is 12.1 Å². The molecule has 0 unspecified atom stereocenters. The van der Waals surface area contributed by atoms with E-state index in [1.807, 2.05) is 19.2 Å². The zero-order valence-electron chi connectivity index (χ0n) is 13.3. The molecule has 0 bridgehead atoms. The van der Waals surface area contributed by atoms with Crippen LogP contribution in [0.2, 0.25) is 0 Å². The molecular weight excluding hydrogens is 342 g/mol. The predicted octanol–water partition coefficient (Wildman–Crippen LogP) is 3.82. The fourth-order valence-corrected chi connectivity index (χ4v) is 3.51. The first-order valence-electron chi connectivity index (χ1n) is 7.26. The molecule has 3 rings (SSSR count). The van der Waals surface area contributed by atoms with Crippen LogP contribution >= 0.6 is 11.3 Å². The van der Waals surface area contributed by atoms with Crippen molar-refractivity contribution >= 4 is 32.2 Å². The topological polar surface area (TPSA) is 85.1 Å². The van der Waals surface area contributed by atoms with Gasteiger partial charge >= 0.3 is 0 Å². The minimum Gasteiger partial charge on any atom is -0.331 e. The summed E-state index contributed by atoms with van der Waals surface area (Å²) in [6.07, 6.45) is 0. The number of nitrogens with two attached hydrogens (primary N) is 1. The number of aromatic nitrogens is 1. The summed E-state index contributed by atoms with van der Waals surface area (Å²) in [5.74, 6) is 0. The highest BCUT2D eigenvalue weighted by Crippen LogP contribution is 2.29. The summed E-state index contributed by atoms with van der Waals surface area (Å²) in [6.45, 7) is 4.09. The minimum absolute atomic E-state index is 0.0928. The van der Waals surface area contributed by atoms with E-state index in [4.69, 9.17) is 5.14 Å². The van der Waals surface area contributed by atoms with E-state index in [-0.39, 0.29) is 4.90 Å². The van der Waals surface area contributed by atoms with E-state index in [1.165, 1.54) is 29.0 Å². The molecule has 3 N–H and O–H groups in total. The number of primary sulfonamides is 1. The number of nitrogens with one attached hydrogen (secondary N) is 1. The third-order valence-corrected chi connectivity index (χ3v) is 5.30. The van der Waals surface area contributed by atoms with Crippen molar-refractivity contribution in [1.29, 1.82) is 0 Å². The van der Waals surface area contributed by atoms with E-state index in [0.29, 0.717) is 0 Å². The molecule has 1 aromatic heterocycles. The monoisotopic (exact) mass is 359 g/mol. The van der Waals surface area contributed by atoms with Gasteiger partial charge in [-0.1, -0.05) is 24.3 Å². The fraction of sp³-hybridized carbons (Fsp3) is 0.118. The van der Waals surface area contributed by atoms with Crippen LogP contribution < -0.4 is 10.5 Å². The average molecular weight is 359 g/mol. The second-order valence-electron chi connectivity index (χ2n) is 5.55. The van der Waals surface area contributed by atoms with Gasteiger partial charge in [-0.2, -0.15) is 0 Å². The predicted molar refractivity (Wildman–Crippen MR) is 98.1 cm³/mol. The Kier molecular flexibility index (Phi) is 4.40. The van der Waals surface area contributed by atoms with Crippen LogP contribution in [0.25, 0.3) is 11.3 Å². The molecule has 7 heteroatoms. The van der Waals surface area contributed by atoms with E-state index in [0.717, 1.165) is 27.6 Å². The molecule has 0 saturated carbocycles. The van der Waals surface area contributed by atoms with Gasteiger partial charge in [-0.15, -0.1) is 11.3 Å². The molecule has 124 valence electrons. The van der Waals surface area contributed by atoms with Gasteiger partial charge in [0, 0.05) is 16.6 Å². The van der Waals surface area contributed by atoms with Crippen LogP contribution in [0.15, 0.2) is 52.7 Å². The molecule has 0 aliphatic heterocycles. The third kappa shape index (κ3) is 3.64. The number of aryl methyl sites for hydroxylation is 2. The largest absolute Gasteiger partial charge is 0.331 e. The number of hydrogen-bond donors (Lipinski definition) is 2. The summed E-state index contributed by atoms with van der Waals surface area (Å²) < 4.78 is 22.6. The van der Waals surface area contributed by atoms with E-state index in [9.17, 15) is 8.42 Å². The van der Waals surface area contributed by atoms with Gasteiger partial charge in [-0.05, 0) is 43.2 Å². The number of sulfonamides is 1. The molecule has 0 fully saturated rings. The Bertz CT molecular complexity index is 977. The number of hydrogen-bond acceptors (Lipinski definition) is 5. The molecule has 3 aromatic rings. The SMILES string of the molecule is Cc1ccc(C)c(Nc2nc(-c3ccc(S(N)(=O)=O)cc3)cs2)c1. The Morgan fingerprint density at radius 2 is 1.79 bits per heavy atom. The average Bonchev–Trinajstić information content (AvgIpc) is 2.99. The van der Waals surface area contributed by atoms with Crippen LogP contribution in [0.5, 0.6) is 0 Å². The quantitative estimate of drug-likeness (QED) is 0.741. The van der Waals surface area contributed by atoms with Crippen molar-refractivity contribution in [1.82, 2.24) is 4.98 Å². The molecule has 1 heterocycles. The molecule has 0 atom stereocenters. The smallest absolute Gasteiger partial charge is 0.238 e. The summed E-state index contributed by atoms with van der Waals surface area (Å²) in [5, 5.41) is 11.2. The maximum atomic E-state index is 11.3. The van der Waals surface area contributed by atoms with Crippen LogP contribution in [0, 0.1) is 13.8 Å². The first-order valence-corrected chi connectivity index (χ1v) is 9.68. The number of rotatable bonds is 4. The Balaban J connectivity index is 1.84. The van der Waals surface area contributed by atoms with Crippen molar-refractivity contribution in [2.75, 3.05) is 5.32 Å². The lowest BCUT2D eigenvalue weighted by atomic mass is 10.1. The zero-order chi connectivity index (χ0) is 17.3. The summed E-state index contributed by atoms with van der Waals surface area (Å²) in [7, 11) is -3.68. The first kappa shape index (κ1) is 16.6. The van der Waals surface area contributed by atoms with Crippen LogP contribution in [0.3, 0.4) is 0 Å². The summed E-state index contributed by atoms with van der Waals surface area (Å²) in [4.78, 5) is 4.66. The highest BCUT2D eigenvalue weighted by molar-refractivity contribution is 7.89. The first-order chi connectivity index (χ1) is 11.3. The van der Waals surface area contributed by atoms with Gasteiger partial charge in [-0.25, -0.2) is 18.5 Å². The fourth-order valence-electron chi connectivity index (χ4n) is 2.26. The van der Waals surface area contributed by atoms with E-state index < -0.39 is 10.0 Å². The van der Waals surface area contributed by atoms with Crippen molar-refractivity contribution in [2.24, 2.45) is 5.14 Å². The van der Waals surface area contributed by atoms with Gasteiger partial charge in [0.2, 0.25) is 10.0 Å². The second-order valence-corrected chi connectivity index (χ2v) is 7.97. The number of benzene rings is 2. The Morgan fingerprint density at radius 3 is 2.46 bits per heavy atom. The van der Waals surface area contributed by atoms with Gasteiger partial charge in [-0.3, -0.25) is 0 Å². The lowest BCUT2D eigenvalue weighted by Gasteiger charge is -2.07. The van der Waals surface area contributed by atoms with E-state index in [2.05, 4.69) is 28.5 Å². The minimum atomic E-state index is -3.68. The van der Waals surface area contributed by atoms with Crippen molar-refractivity contribution in [2.45, 2.75) is 18.7 Å². The van der Waals surface area contributed by atoms with Crippen molar-refractivity contribution < 1.29 is 8.42 Å². The highest BCUT2D eigenvalue weighted by atomic mass is 32.2. The molecule has 0 amide bonds. The number of anilines is 2. The van der Waals surface area contributed by atoms with E-state index >= 15 is 0 Å². The molecular formula is C17H17N3O2S2. The lowest BCUT2D eigenvalue weighted by molar-refractivity contribution is 0.598. The highest BCUT2D eigenvalue weighted by Gasteiger charge is 2.10. The number of nitrogens with zero attached hydrogens (tertiary/aromatic N) is 1. The summed E-state index contributed by atoms with van der Waals surface area (Å²) in [5.41, 5.74) is 4.98. The second kappa shape index (κ2) is 6.35. The Labute approximate surface area is 145 Å². The molecule has 0 radical (unpaired) electrons. The molecule has 5 nitrogen and oxygen atoms in total. The maximum absolute atomic E-state index is 11.3.